The second-order valence-corrected chi connectivity index (χ2v) is 6.77. The van der Waals surface area contributed by atoms with Crippen molar-refractivity contribution in [3.63, 3.8) is 0 Å². The first-order chi connectivity index (χ1) is 14.2. The van der Waals surface area contributed by atoms with Crippen molar-refractivity contribution in [1.29, 1.82) is 0 Å². The van der Waals surface area contributed by atoms with E-state index in [0.29, 0.717) is 12.5 Å². The predicted octanol–water partition coefficient (Wildman–Crippen LogP) is 5.39. The van der Waals surface area contributed by atoms with Crippen LogP contribution in [0.1, 0.15) is 50.7 Å². The van der Waals surface area contributed by atoms with Crippen molar-refractivity contribution in [1.82, 2.24) is 0 Å². The van der Waals surface area contributed by atoms with Gasteiger partial charge in [0.1, 0.15) is 11.5 Å². The van der Waals surface area contributed by atoms with Crippen LogP contribution >= 0.6 is 0 Å². The lowest BCUT2D eigenvalue weighted by Gasteiger charge is -2.06. The van der Waals surface area contributed by atoms with E-state index in [1.807, 2.05) is 55.5 Å². The maximum absolute atomic E-state index is 12.2. The third-order valence-corrected chi connectivity index (χ3v) is 4.48. The van der Waals surface area contributed by atoms with Gasteiger partial charge in [-0.25, -0.2) is 9.79 Å². The van der Waals surface area contributed by atoms with Crippen LogP contribution in [0.4, 0.5) is 0 Å². The van der Waals surface area contributed by atoms with E-state index in [9.17, 15) is 4.79 Å². The zero-order chi connectivity index (χ0) is 20.5. The van der Waals surface area contributed by atoms with E-state index in [1.54, 1.807) is 6.08 Å². The van der Waals surface area contributed by atoms with Crippen molar-refractivity contribution in [2.24, 2.45) is 4.99 Å². The minimum atomic E-state index is -0.454. The van der Waals surface area contributed by atoms with Crippen LogP contribution in [0.3, 0.4) is 0 Å². The summed E-state index contributed by atoms with van der Waals surface area (Å²) >= 11 is 0. The number of ether oxygens (including phenoxy) is 3. The molecule has 2 aromatic rings. The van der Waals surface area contributed by atoms with E-state index in [2.05, 4.69) is 11.9 Å². The largest absolute Gasteiger partial charge is 0.494 e. The average molecular weight is 393 g/mol. The molecule has 0 atom stereocenters. The highest BCUT2D eigenvalue weighted by Crippen LogP contribution is 2.22. The molecule has 0 aromatic heterocycles. The maximum atomic E-state index is 12.2. The van der Waals surface area contributed by atoms with Crippen molar-refractivity contribution >= 4 is 17.9 Å². The van der Waals surface area contributed by atoms with Crippen LogP contribution in [-0.2, 0) is 9.53 Å². The number of cyclic esters (lactones) is 1. The number of carbonyl (C=O) groups is 1. The molecule has 0 fully saturated rings. The molecule has 29 heavy (non-hydrogen) atoms. The lowest BCUT2D eigenvalue weighted by atomic mass is 10.2. The van der Waals surface area contributed by atoms with Crippen molar-refractivity contribution in [2.45, 2.75) is 39.5 Å². The minimum Gasteiger partial charge on any atom is -0.494 e. The van der Waals surface area contributed by atoms with Crippen molar-refractivity contribution in [3.8, 4) is 11.5 Å². The Labute approximate surface area is 172 Å². The topological polar surface area (TPSA) is 57.1 Å². The molecule has 5 heteroatoms. The summed E-state index contributed by atoms with van der Waals surface area (Å²) in [5, 5.41) is 0. The van der Waals surface area contributed by atoms with Gasteiger partial charge in [-0.1, -0.05) is 38.3 Å². The van der Waals surface area contributed by atoms with Crippen LogP contribution in [0.15, 0.2) is 59.2 Å². The maximum Gasteiger partial charge on any atom is 0.363 e. The lowest BCUT2D eigenvalue weighted by molar-refractivity contribution is -0.129. The highest BCUT2D eigenvalue weighted by atomic mass is 16.6. The fraction of sp³-hybridized carbons (Fsp3) is 0.333. The van der Waals surface area contributed by atoms with Crippen molar-refractivity contribution < 1.29 is 19.0 Å². The number of hydrogen-bond acceptors (Lipinski definition) is 5. The highest BCUT2D eigenvalue weighted by molar-refractivity contribution is 6.12. The number of unbranched alkanes of at least 4 members (excludes halogenated alkanes) is 3. The first-order valence-corrected chi connectivity index (χ1v) is 10.2. The quantitative estimate of drug-likeness (QED) is 0.309. The molecule has 1 aliphatic heterocycles. The summed E-state index contributed by atoms with van der Waals surface area (Å²) in [4.78, 5) is 16.5. The molecule has 0 bridgehead atoms. The number of hydrogen-bond donors (Lipinski definition) is 0. The van der Waals surface area contributed by atoms with Crippen LogP contribution in [0.2, 0.25) is 0 Å². The molecule has 0 amide bonds. The fourth-order valence-electron chi connectivity index (χ4n) is 2.93. The molecule has 3 rings (SSSR count). The van der Waals surface area contributed by atoms with Crippen LogP contribution in [0.25, 0.3) is 6.08 Å². The summed E-state index contributed by atoms with van der Waals surface area (Å²) in [6.07, 6.45) is 6.43. The molecule has 0 aliphatic carbocycles. The molecule has 0 saturated heterocycles. The van der Waals surface area contributed by atoms with Gasteiger partial charge in [0.05, 0.1) is 13.2 Å². The van der Waals surface area contributed by atoms with Gasteiger partial charge in [-0.2, -0.15) is 0 Å². The number of nitrogens with zero attached hydrogens (tertiary/aromatic N) is 1. The zero-order valence-corrected chi connectivity index (χ0v) is 17.0. The lowest BCUT2D eigenvalue weighted by Crippen LogP contribution is -2.05. The molecule has 0 spiro atoms. The molecule has 5 nitrogen and oxygen atoms in total. The van der Waals surface area contributed by atoms with E-state index in [-0.39, 0.29) is 5.70 Å². The van der Waals surface area contributed by atoms with Gasteiger partial charge in [-0.3, -0.25) is 0 Å². The second-order valence-electron chi connectivity index (χ2n) is 6.77. The molecule has 0 N–H and O–H groups in total. The van der Waals surface area contributed by atoms with Gasteiger partial charge < -0.3 is 14.2 Å². The van der Waals surface area contributed by atoms with Crippen LogP contribution in [-0.4, -0.2) is 25.1 Å². The van der Waals surface area contributed by atoms with Gasteiger partial charge in [-0.05, 0) is 61.4 Å². The number of rotatable bonds is 10. The first-order valence-electron chi connectivity index (χ1n) is 10.2. The van der Waals surface area contributed by atoms with Crippen LogP contribution in [0, 0.1) is 0 Å². The smallest absolute Gasteiger partial charge is 0.363 e. The standard InChI is InChI=1S/C24H27NO4/c1-3-5-6-7-16-28-21-12-8-18(9-13-21)17-22-24(26)29-23(25-22)19-10-14-20(15-11-19)27-4-2/h8-15,17H,3-7,16H2,1-2H3/b22-17-. The van der Waals surface area contributed by atoms with E-state index in [4.69, 9.17) is 14.2 Å². The fourth-order valence-corrected chi connectivity index (χ4v) is 2.93. The Balaban J connectivity index is 1.62. The highest BCUT2D eigenvalue weighted by Gasteiger charge is 2.24. The van der Waals surface area contributed by atoms with Crippen LogP contribution < -0.4 is 9.47 Å². The summed E-state index contributed by atoms with van der Waals surface area (Å²) in [7, 11) is 0. The minimum absolute atomic E-state index is 0.280. The Hall–Kier alpha value is -3.08. The van der Waals surface area contributed by atoms with E-state index in [1.165, 1.54) is 19.3 Å². The average Bonchev–Trinajstić information content (AvgIpc) is 3.10. The summed E-state index contributed by atoms with van der Waals surface area (Å²) < 4.78 is 16.5. The Morgan fingerprint density at radius 2 is 1.59 bits per heavy atom. The molecule has 1 aliphatic rings. The summed E-state index contributed by atoms with van der Waals surface area (Å²) in [5.74, 6) is 1.45. The molecular weight excluding hydrogens is 366 g/mol. The Morgan fingerprint density at radius 1 is 0.897 bits per heavy atom. The monoisotopic (exact) mass is 393 g/mol. The van der Waals surface area contributed by atoms with E-state index in [0.717, 1.165) is 35.7 Å². The van der Waals surface area contributed by atoms with Crippen LogP contribution in [0.5, 0.6) is 11.5 Å². The third kappa shape index (κ3) is 5.95. The van der Waals surface area contributed by atoms with Gasteiger partial charge in [0.15, 0.2) is 5.70 Å². The third-order valence-electron chi connectivity index (χ3n) is 4.48. The summed E-state index contributed by atoms with van der Waals surface area (Å²) in [5.41, 5.74) is 1.88. The van der Waals surface area contributed by atoms with E-state index < -0.39 is 5.97 Å². The normalized spacial score (nSPS) is 14.6. The van der Waals surface area contributed by atoms with Gasteiger partial charge in [0.25, 0.3) is 0 Å². The molecule has 1 heterocycles. The number of esters is 1. The van der Waals surface area contributed by atoms with E-state index >= 15 is 0 Å². The predicted molar refractivity (Wildman–Crippen MR) is 114 cm³/mol. The zero-order valence-electron chi connectivity index (χ0n) is 17.0. The Morgan fingerprint density at radius 3 is 2.28 bits per heavy atom. The Bertz CT molecular complexity index is 867. The molecule has 0 radical (unpaired) electrons. The van der Waals surface area contributed by atoms with Gasteiger partial charge in [0.2, 0.25) is 5.90 Å². The van der Waals surface area contributed by atoms with Crippen molar-refractivity contribution in [3.05, 3.63) is 65.4 Å². The number of aliphatic imine (C=N–C) groups is 1. The van der Waals surface area contributed by atoms with Gasteiger partial charge in [0, 0.05) is 5.56 Å². The van der Waals surface area contributed by atoms with Gasteiger partial charge >= 0.3 is 5.97 Å². The molecular formula is C24H27NO4. The van der Waals surface area contributed by atoms with Crippen molar-refractivity contribution in [2.75, 3.05) is 13.2 Å². The Kier molecular flexibility index (Phi) is 7.45. The second kappa shape index (κ2) is 10.5. The SMILES string of the molecule is CCCCCCOc1ccc(/C=C2\N=C(c3ccc(OCC)cc3)OC2=O)cc1. The first kappa shape index (κ1) is 20.6. The molecule has 2 aromatic carbocycles. The number of benzene rings is 2. The molecule has 152 valence electrons. The summed E-state index contributed by atoms with van der Waals surface area (Å²) in [6, 6.07) is 14.9. The van der Waals surface area contributed by atoms with Gasteiger partial charge in [-0.15, -0.1) is 0 Å². The molecule has 0 unspecified atom stereocenters. The molecule has 0 saturated carbocycles. The summed E-state index contributed by atoms with van der Waals surface area (Å²) in [6.45, 7) is 5.45. The number of carbonyl (C=O) groups excluding carboxylic acids is 1.